The van der Waals surface area contributed by atoms with Gasteiger partial charge in [0.2, 0.25) is 6.43 Å². The van der Waals surface area contributed by atoms with Crippen LogP contribution < -0.4 is 0 Å². The number of carbonyl (C=O) groups is 1. The molecule has 0 radical (unpaired) electrons. The molecule has 2 aromatic rings. The lowest BCUT2D eigenvalue weighted by Crippen LogP contribution is -2.22. The van der Waals surface area contributed by atoms with E-state index < -0.39 is 6.43 Å². The Hall–Kier alpha value is -2.31. The molecular weight excluding hydrogens is 488 g/mol. The van der Waals surface area contributed by atoms with E-state index in [9.17, 15) is 13.6 Å². The van der Waals surface area contributed by atoms with Crippen molar-refractivity contribution in [1.29, 1.82) is 0 Å². The molecule has 33 heavy (non-hydrogen) atoms. The summed E-state index contributed by atoms with van der Waals surface area (Å²) in [5.74, 6) is -0.316. The number of rotatable bonds is 6. The molecule has 2 aromatic carbocycles. The van der Waals surface area contributed by atoms with Gasteiger partial charge in [0, 0.05) is 30.5 Å². The van der Waals surface area contributed by atoms with Gasteiger partial charge >= 0.3 is 5.97 Å². The number of aryl methyl sites for hydroxylation is 1. The number of likely N-dealkylation sites (tertiary alicyclic amines) is 1. The van der Waals surface area contributed by atoms with Gasteiger partial charge in [0.05, 0.1) is 12.7 Å². The molecule has 1 aliphatic carbocycles. The summed E-state index contributed by atoms with van der Waals surface area (Å²) in [5.41, 5.74) is 7.57. The van der Waals surface area contributed by atoms with E-state index in [1.807, 2.05) is 18.2 Å². The van der Waals surface area contributed by atoms with Gasteiger partial charge in [0.25, 0.3) is 0 Å². The van der Waals surface area contributed by atoms with Crippen LogP contribution in [0.4, 0.5) is 8.78 Å². The Morgan fingerprint density at radius 3 is 2.67 bits per heavy atom. The maximum atomic E-state index is 12.5. The zero-order valence-corrected chi connectivity index (χ0v) is 20.3. The van der Waals surface area contributed by atoms with Gasteiger partial charge in [0.15, 0.2) is 0 Å². The first-order valence-electron chi connectivity index (χ1n) is 11.3. The normalized spacial score (nSPS) is 18.0. The van der Waals surface area contributed by atoms with Crippen molar-refractivity contribution in [2.45, 2.75) is 38.5 Å². The van der Waals surface area contributed by atoms with Gasteiger partial charge in [0.1, 0.15) is 0 Å². The van der Waals surface area contributed by atoms with E-state index in [0.717, 1.165) is 66.6 Å². The number of carbonyl (C=O) groups excluding carboxylic acids is 1. The van der Waals surface area contributed by atoms with Gasteiger partial charge in [-0.3, -0.25) is 4.90 Å². The highest BCUT2D eigenvalue weighted by Gasteiger charge is 2.20. The number of hydrogen-bond donors (Lipinski definition) is 0. The lowest BCUT2D eigenvalue weighted by atomic mass is 9.92. The van der Waals surface area contributed by atoms with E-state index in [1.165, 1.54) is 17.2 Å². The average molecular weight is 516 g/mol. The highest BCUT2D eigenvalue weighted by Crippen LogP contribution is 2.38. The first-order chi connectivity index (χ1) is 15.9. The van der Waals surface area contributed by atoms with E-state index in [-0.39, 0.29) is 12.4 Å². The average Bonchev–Trinajstić information content (AvgIpc) is 3.19. The highest BCUT2D eigenvalue weighted by molar-refractivity contribution is 9.11. The molecule has 0 bridgehead atoms. The fourth-order valence-electron chi connectivity index (χ4n) is 4.62. The molecular formula is C27H28BrF2NO2. The molecule has 3 nitrogen and oxygen atoms in total. The zero-order valence-electron chi connectivity index (χ0n) is 18.8. The van der Waals surface area contributed by atoms with Crippen LogP contribution in [-0.2, 0) is 11.2 Å². The first kappa shape index (κ1) is 23.8. The number of allylic oxidation sites excluding steroid dienone is 1. The number of halogens is 3. The molecule has 2 aliphatic rings. The standard InChI is InChI=1S/C27H28BrF2NO2/c1-33-27(32)22-9-10-23-21(16-22)3-2-4-24(28)26(23)20-7-5-18(6-8-20)15-19-11-13-31(17-19)14-12-25(29)30/h5-10,15-16,25H,2-4,11-14,17H2,1H3/b19-15-. The van der Waals surface area contributed by atoms with Crippen molar-refractivity contribution in [3.63, 3.8) is 0 Å². The van der Waals surface area contributed by atoms with Crippen molar-refractivity contribution in [2.24, 2.45) is 0 Å². The molecule has 0 saturated carbocycles. The first-order valence-corrected chi connectivity index (χ1v) is 12.1. The van der Waals surface area contributed by atoms with Gasteiger partial charge in [-0.15, -0.1) is 0 Å². The minimum atomic E-state index is -2.24. The Morgan fingerprint density at radius 1 is 1.15 bits per heavy atom. The van der Waals surface area contributed by atoms with Crippen LogP contribution in [0.15, 0.2) is 52.5 Å². The SMILES string of the molecule is COC(=O)c1ccc2c(c1)CCCC(Br)=C2c1ccc(/C=C2/CCN(CCC(F)F)C2)cc1. The Labute approximate surface area is 202 Å². The van der Waals surface area contributed by atoms with Crippen LogP contribution in [0.5, 0.6) is 0 Å². The Balaban J connectivity index is 1.55. The zero-order chi connectivity index (χ0) is 23.4. The van der Waals surface area contributed by atoms with Crippen molar-refractivity contribution in [3.05, 3.63) is 80.3 Å². The van der Waals surface area contributed by atoms with Crippen LogP contribution in [0.1, 0.15) is 58.3 Å². The highest BCUT2D eigenvalue weighted by atomic mass is 79.9. The monoisotopic (exact) mass is 515 g/mol. The molecule has 1 fully saturated rings. The summed E-state index contributed by atoms with van der Waals surface area (Å²) in [6, 6.07) is 14.3. The van der Waals surface area contributed by atoms with Crippen LogP contribution in [-0.4, -0.2) is 44.0 Å². The van der Waals surface area contributed by atoms with Crippen molar-refractivity contribution in [2.75, 3.05) is 26.7 Å². The third-order valence-corrected chi connectivity index (χ3v) is 7.11. The number of alkyl halides is 2. The maximum absolute atomic E-state index is 12.5. The third-order valence-electron chi connectivity index (χ3n) is 6.32. The number of esters is 1. The molecule has 0 N–H and O–H groups in total. The van der Waals surface area contributed by atoms with E-state index in [0.29, 0.717) is 12.1 Å². The van der Waals surface area contributed by atoms with Crippen molar-refractivity contribution >= 4 is 33.5 Å². The number of nitrogens with zero attached hydrogens (tertiary/aromatic N) is 1. The number of fused-ring (bicyclic) bond motifs is 1. The Morgan fingerprint density at radius 2 is 1.94 bits per heavy atom. The second kappa shape index (κ2) is 10.7. The minimum absolute atomic E-state index is 0.0609. The van der Waals surface area contributed by atoms with Crippen molar-refractivity contribution in [3.8, 4) is 0 Å². The fraction of sp³-hybridized carbons (Fsp3) is 0.370. The quantitative estimate of drug-likeness (QED) is 0.400. The van der Waals surface area contributed by atoms with E-state index in [4.69, 9.17) is 4.74 Å². The van der Waals surface area contributed by atoms with Gasteiger partial charge in [-0.2, -0.15) is 0 Å². The smallest absolute Gasteiger partial charge is 0.337 e. The molecule has 0 unspecified atom stereocenters. The molecule has 4 rings (SSSR count). The lowest BCUT2D eigenvalue weighted by molar-refractivity contribution is 0.0600. The summed E-state index contributed by atoms with van der Waals surface area (Å²) in [5, 5.41) is 0. The molecule has 0 amide bonds. The molecule has 1 saturated heterocycles. The van der Waals surface area contributed by atoms with Crippen LogP contribution in [0.2, 0.25) is 0 Å². The van der Waals surface area contributed by atoms with Crippen LogP contribution >= 0.6 is 15.9 Å². The maximum Gasteiger partial charge on any atom is 0.337 e. The van der Waals surface area contributed by atoms with Gasteiger partial charge in [-0.25, -0.2) is 13.6 Å². The molecule has 1 aliphatic heterocycles. The van der Waals surface area contributed by atoms with Crippen LogP contribution in [0.25, 0.3) is 11.6 Å². The van der Waals surface area contributed by atoms with Crippen LogP contribution in [0, 0.1) is 0 Å². The third kappa shape index (κ3) is 5.79. The van der Waals surface area contributed by atoms with Gasteiger partial charge in [-0.05, 0) is 65.6 Å². The van der Waals surface area contributed by atoms with E-state index >= 15 is 0 Å². The molecule has 1 heterocycles. The number of benzene rings is 2. The molecule has 0 spiro atoms. The van der Waals surface area contributed by atoms with Gasteiger partial charge in [-0.1, -0.05) is 57.9 Å². The fourth-order valence-corrected chi connectivity index (χ4v) is 5.35. The summed E-state index contributed by atoms with van der Waals surface area (Å²) < 4.78 is 31.0. The molecule has 6 heteroatoms. The largest absolute Gasteiger partial charge is 0.465 e. The second-order valence-corrected chi connectivity index (χ2v) is 9.58. The van der Waals surface area contributed by atoms with Crippen LogP contribution in [0.3, 0.4) is 0 Å². The predicted molar refractivity (Wildman–Crippen MR) is 132 cm³/mol. The number of hydrogen-bond acceptors (Lipinski definition) is 3. The second-order valence-electron chi connectivity index (χ2n) is 8.63. The topological polar surface area (TPSA) is 29.5 Å². The summed E-state index contributed by atoms with van der Waals surface area (Å²) in [6.45, 7) is 2.06. The van der Waals surface area contributed by atoms with E-state index in [2.05, 4.69) is 51.2 Å². The number of ether oxygens (including phenoxy) is 1. The summed E-state index contributed by atoms with van der Waals surface area (Å²) in [6.07, 6.45) is 3.67. The summed E-state index contributed by atoms with van der Waals surface area (Å²) in [4.78, 5) is 14.1. The lowest BCUT2D eigenvalue weighted by Gasteiger charge is -2.14. The summed E-state index contributed by atoms with van der Waals surface area (Å²) >= 11 is 3.81. The Kier molecular flexibility index (Phi) is 7.76. The Bertz CT molecular complexity index is 1080. The molecule has 0 aromatic heterocycles. The predicted octanol–water partition coefficient (Wildman–Crippen LogP) is 6.71. The van der Waals surface area contributed by atoms with E-state index in [1.54, 1.807) is 0 Å². The van der Waals surface area contributed by atoms with Gasteiger partial charge < -0.3 is 4.74 Å². The molecule has 0 atom stereocenters. The molecule has 174 valence electrons. The minimum Gasteiger partial charge on any atom is -0.465 e. The van der Waals surface area contributed by atoms with Crippen molar-refractivity contribution in [1.82, 2.24) is 4.90 Å². The number of methoxy groups -OCH3 is 1. The van der Waals surface area contributed by atoms with Crippen molar-refractivity contribution < 1.29 is 18.3 Å². The summed E-state index contributed by atoms with van der Waals surface area (Å²) in [7, 11) is 1.40.